The van der Waals surface area contributed by atoms with Crippen LogP contribution in [0.4, 0.5) is 0 Å². The monoisotopic (exact) mass is 372 g/mol. The minimum atomic E-state index is -0.877. The zero-order valence-corrected chi connectivity index (χ0v) is 14.2. The number of hydrogen-bond donors (Lipinski definition) is 1. The van der Waals surface area contributed by atoms with Gasteiger partial charge in [-0.15, -0.1) is 0 Å². The largest absolute Gasteiger partial charge is 0.481 e. The van der Waals surface area contributed by atoms with Gasteiger partial charge < -0.3 is 9.84 Å². The quantitative estimate of drug-likeness (QED) is 0.495. The summed E-state index contributed by atoms with van der Waals surface area (Å²) in [5, 5.41) is 8.76. The number of carboxylic acid groups (broad SMARTS) is 1. The van der Waals surface area contributed by atoms with Crippen LogP contribution in [0.5, 0.6) is 0 Å². The summed E-state index contributed by atoms with van der Waals surface area (Å²) in [5.74, 6) is -1.28. The number of ketones is 1. The topological polar surface area (TPSA) is 80.7 Å². The van der Waals surface area contributed by atoms with Crippen LogP contribution in [0.2, 0.25) is 0 Å². The lowest BCUT2D eigenvalue weighted by Gasteiger charge is -2.02. The fraction of sp³-hybridized carbons (Fsp3) is 0.562. The van der Waals surface area contributed by atoms with Crippen molar-refractivity contribution in [1.82, 2.24) is 0 Å². The average Bonchev–Trinajstić information content (AvgIpc) is 2.72. The van der Waals surface area contributed by atoms with E-state index in [9.17, 15) is 14.4 Å². The van der Waals surface area contributed by atoms with Crippen molar-refractivity contribution < 1.29 is 24.2 Å². The summed E-state index contributed by atoms with van der Waals surface area (Å²) in [6, 6.07) is 0. The van der Waals surface area contributed by atoms with E-state index >= 15 is 0 Å². The molecule has 0 radical (unpaired) electrons. The van der Waals surface area contributed by atoms with Crippen LogP contribution in [-0.2, 0) is 19.1 Å². The summed E-state index contributed by atoms with van der Waals surface area (Å²) < 4.78 is 5.77. The molecule has 1 aliphatic carbocycles. The molecule has 5 nitrogen and oxygen atoms in total. The molecule has 0 saturated carbocycles. The number of allylic oxidation sites excluding steroid dienone is 4. The van der Waals surface area contributed by atoms with Crippen LogP contribution in [0, 0.1) is 5.92 Å². The third-order valence-electron chi connectivity index (χ3n) is 3.31. The predicted octanol–water partition coefficient (Wildman–Crippen LogP) is 3.38. The van der Waals surface area contributed by atoms with Gasteiger partial charge in [-0.2, -0.15) is 0 Å². The number of aliphatic carboxylic acids is 1. The Kier molecular flexibility index (Phi) is 8.09. The van der Waals surface area contributed by atoms with E-state index in [-0.39, 0.29) is 24.1 Å². The number of Topliss-reactive ketones (excluding diaryl/α,β-unsaturated/α-hetero) is 1. The second-order valence-electron chi connectivity index (χ2n) is 5.34. The first kappa shape index (κ1) is 18.6. The SMILES string of the molecule is CC(=O)OCCCC/C=C(\Br)CC1=C[C@@H](CC(=O)O)CC1=O. The minimum absolute atomic E-state index is 0.00667. The Bertz CT molecular complexity index is 493. The summed E-state index contributed by atoms with van der Waals surface area (Å²) >= 11 is 3.44. The van der Waals surface area contributed by atoms with Gasteiger partial charge in [-0.1, -0.05) is 28.1 Å². The molecule has 0 aromatic heterocycles. The Morgan fingerprint density at radius 1 is 1.45 bits per heavy atom. The Morgan fingerprint density at radius 3 is 2.82 bits per heavy atom. The fourth-order valence-corrected chi connectivity index (χ4v) is 2.82. The Morgan fingerprint density at radius 2 is 2.18 bits per heavy atom. The zero-order chi connectivity index (χ0) is 16.5. The molecule has 0 fully saturated rings. The minimum Gasteiger partial charge on any atom is -0.481 e. The van der Waals surface area contributed by atoms with Gasteiger partial charge in [-0.3, -0.25) is 14.4 Å². The second-order valence-corrected chi connectivity index (χ2v) is 6.36. The summed E-state index contributed by atoms with van der Waals surface area (Å²) in [6.07, 6.45) is 7.14. The molecule has 22 heavy (non-hydrogen) atoms. The van der Waals surface area contributed by atoms with Crippen LogP contribution in [0.1, 0.15) is 45.4 Å². The second kappa shape index (κ2) is 9.56. The Labute approximate surface area is 138 Å². The van der Waals surface area contributed by atoms with Gasteiger partial charge in [0.2, 0.25) is 0 Å². The number of carbonyl (C=O) groups is 3. The van der Waals surface area contributed by atoms with Gasteiger partial charge >= 0.3 is 11.9 Å². The third-order valence-corrected chi connectivity index (χ3v) is 3.91. The molecule has 0 amide bonds. The van der Waals surface area contributed by atoms with Crippen molar-refractivity contribution in [3.8, 4) is 0 Å². The third kappa shape index (κ3) is 7.54. The molecule has 0 aromatic carbocycles. The molecule has 0 unspecified atom stereocenters. The highest BCUT2D eigenvalue weighted by atomic mass is 79.9. The van der Waals surface area contributed by atoms with Gasteiger partial charge in [0.1, 0.15) is 0 Å². The maximum Gasteiger partial charge on any atom is 0.303 e. The van der Waals surface area contributed by atoms with E-state index in [1.165, 1.54) is 6.92 Å². The number of unbranched alkanes of at least 4 members (excludes halogenated alkanes) is 2. The highest BCUT2D eigenvalue weighted by Crippen LogP contribution is 2.29. The zero-order valence-electron chi connectivity index (χ0n) is 12.6. The highest BCUT2D eigenvalue weighted by molar-refractivity contribution is 9.11. The van der Waals surface area contributed by atoms with Crippen LogP contribution in [0.3, 0.4) is 0 Å². The molecule has 1 N–H and O–H groups in total. The molecule has 0 aliphatic heterocycles. The molecule has 0 saturated heterocycles. The molecule has 1 aliphatic rings. The van der Waals surface area contributed by atoms with Crippen molar-refractivity contribution >= 4 is 33.7 Å². The van der Waals surface area contributed by atoms with Crippen molar-refractivity contribution in [2.45, 2.75) is 45.4 Å². The normalized spacial score (nSPS) is 18.3. The summed E-state index contributed by atoms with van der Waals surface area (Å²) in [6.45, 7) is 1.82. The molecular formula is C16H21BrO5. The lowest BCUT2D eigenvalue weighted by Crippen LogP contribution is -2.04. The van der Waals surface area contributed by atoms with Crippen LogP contribution in [-0.4, -0.2) is 29.4 Å². The molecule has 1 atom stereocenters. The van der Waals surface area contributed by atoms with Crippen LogP contribution in [0.25, 0.3) is 0 Å². The number of carbonyl (C=O) groups excluding carboxylic acids is 2. The van der Waals surface area contributed by atoms with E-state index in [1.807, 2.05) is 6.08 Å². The smallest absolute Gasteiger partial charge is 0.303 e. The van der Waals surface area contributed by atoms with Gasteiger partial charge in [-0.05, 0) is 35.2 Å². The van der Waals surface area contributed by atoms with Gasteiger partial charge in [0.05, 0.1) is 13.0 Å². The first-order valence-electron chi connectivity index (χ1n) is 7.32. The average molecular weight is 373 g/mol. The van der Waals surface area contributed by atoms with Gasteiger partial charge in [-0.25, -0.2) is 0 Å². The number of carboxylic acids is 1. The van der Waals surface area contributed by atoms with E-state index in [2.05, 4.69) is 15.9 Å². The summed E-state index contributed by atoms with van der Waals surface area (Å²) in [7, 11) is 0. The van der Waals surface area contributed by atoms with Gasteiger partial charge in [0.15, 0.2) is 5.78 Å². The maximum absolute atomic E-state index is 11.8. The number of halogens is 1. The summed E-state index contributed by atoms with van der Waals surface area (Å²) in [5.41, 5.74) is 0.689. The first-order valence-corrected chi connectivity index (χ1v) is 8.11. The highest BCUT2D eigenvalue weighted by Gasteiger charge is 2.25. The van der Waals surface area contributed by atoms with Crippen molar-refractivity contribution in [3.63, 3.8) is 0 Å². The number of hydrogen-bond acceptors (Lipinski definition) is 4. The predicted molar refractivity (Wildman–Crippen MR) is 85.6 cm³/mol. The Balaban J connectivity index is 2.32. The van der Waals surface area contributed by atoms with E-state index in [0.29, 0.717) is 25.0 Å². The van der Waals surface area contributed by atoms with E-state index in [0.717, 1.165) is 23.7 Å². The first-order chi connectivity index (χ1) is 10.4. The number of esters is 1. The molecule has 0 aromatic rings. The van der Waals surface area contributed by atoms with Crippen molar-refractivity contribution in [3.05, 3.63) is 22.2 Å². The molecule has 0 heterocycles. The van der Waals surface area contributed by atoms with Gasteiger partial charge in [0.25, 0.3) is 0 Å². The van der Waals surface area contributed by atoms with Crippen molar-refractivity contribution in [2.75, 3.05) is 6.61 Å². The lowest BCUT2D eigenvalue weighted by atomic mass is 10.1. The van der Waals surface area contributed by atoms with Crippen molar-refractivity contribution in [1.29, 1.82) is 0 Å². The van der Waals surface area contributed by atoms with Crippen LogP contribution >= 0.6 is 15.9 Å². The van der Waals surface area contributed by atoms with Gasteiger partial charge in [0, 0.05) is 19.8 Å². The molecule has 6 heteroatoms. The molecular weight excluding hydrogens is 352 g/mol. The van der Waals surface area contributed by atoms with Crippen LogP contribution in [0.15, 0.2) is 22.2 Å². The molecule has 122 valence electrons. The van der Waals surface area contributed by atoms with Crippen molar-refractivity contribution in [2.24, 2.45) is 5.92 Å². The number of rotatable bonds is 9. The fourth-order valence-electron chi connectivity index (χ4n) is 2.29. The lowest BCUT2D eigenvalue weighted by molar-refractivity contribution is -0.141. The van der Waals surface area contributed by atoms with E-state index in [4.69, 9.17) is 9.84 Å². The van der Waals surface area contributed by atoms with Crippen LogP contribution < -0.4 is 0 Å². The van der Waals surface area contributed by atoms with E-state index in [1.54, 1.807) is 6.08 Å². The molecule has 0 spiro atoms. The molecule has 0 bridgehead atoms. The number of ether oxygens (including phenoxy) is 1. The standard InChI is InChI=1S/C16H21BrO5/c1-11(18)22-6-4-2-3-5-14(17)10-13-7-12(8-15(13)19)9-16(20)21/h5,7,12H,2-4,6,8-10H2,1H3,(H,20,21)/b14-5-/t12-/m1/s1. The summed E-state index contributed by atoms with van der Waals surface area (Å²) in [4.78, 5) is 33.1. The Hall–Kier alpha value is -1.43. The molecule has 1 rings (SSSR count). The van der Waals surface area contributed by atoms with E-state index < -0.39 is 5.97 Å². The maximum atomic E-state index is 11.8.